The molecule has 1 amide bonds. The number of benzene rings is 1. The van der Waals surface area contributed by atoms with Gasteiger partial charge in [0.1, 0.15) is 6.10 Å². The van der Waals surface area contributed by atoms with Gasteiger partial charge in [-0.15, -0.1) is 0 Å². The Morgan fingerprint density at radius 1 is 1.56 bits per heavy atom. The van der Waals surface area contributed by atoms with Crippen molar-refractivity contribution in [2.45, 2.75) is 44.3 Å². The summed E-state index contributed by atoms with van der Waals surface area (Å²) in [5.74, 6) is 0.00134. The molecule has 1 aromatic carbocycles. The Morgan fingerprint density at radius 2 is 2.36 bits per heavy atom. The second-order valence-corrected chi connectivity index (χ2v) is 7.19. The van der Waals surface area contributed by atoms with Gasteiger partial charge in [0.05, 0.1) is 5.60 Å². The lowest BCUT2D eigenvalue weighted by Crippen LogP contribution is -2.45. The topological polar surface area (TPSA) is 70.6 Å². The van der Waals surface area contributed by atoms with Gasteiger partial charge in [0.2, 0.25) is 5.91 Å². The average Bonchev–Trinajstić information content (AvgIpc) is 2.64. The number of carbonyl (C=O) groups is 1. The van der Waals surface area contributed by atoms with Gasteiger partial charge < -0.3 is 20.5 Å². The number of carbonyl (C=O) groups excluding carboxylic acids is 1. The Morgan fingerprint density at radius 3 is 3.00 bits per heavy atom. The van der Waals surface area contributed by atoms with Crippen molar-refractivity contribution in [3.8, 4) is 0 Å². The van der Waals surface area contributed by atoms with Crippen molar-refractivity contribution in [3.63, 3.8) is 0 Å². The van der Waals surface area contributed by atoms with E-state index in [2.05, 4.69) is 10.6 Å². The molecular formula is C19H29ClN2O3. The maximum atomic E-state index is 11.8. The number of amides is 1. The fourth-order valence-electron chi connectivity index (χ4n) is 3.42. The average molecular weight is 369 g/mol. The molecule has 0 aromatic heterocycles. The molecule has 1 aromatic rings. The normalized spacial score (nSPS) is 21.4. The van der Waals surface area contributed by atoms with Crippen LogP contribution in [0.3, 0.4) is 0 Å². The zero-order chi connectivity index (χ0) is 18.3. The first-order valence-corrected chi connectivity index (χ1v) is 9.35. The maximum absolute atomic E-state index is 11.8. The first-order chi connectivity index (χ1) is 12.0. The third-order valence-corrected chi connectivity index (χ3v) is 5.29. The highest BCUT2D eigenvalue weighted by molar-refractivity contribution is 6.30. The third kappa shape index (κ3) is 5.42. The van der Waals surface area contributed by atoms with Crippen LogP contribution >= 0.6 is 11.6 Å². The fourth-order valence-corrected chi connectivity index (χ4v) is 3.61. The molecule has 25 heavy (non-hydrogen) atoms. The quantitative estimate of drug-likeness (QED) is 0.616. The van der Waals surface area contributed by atoms with Gasteiger partial charge in [-0.1, -0.05) is 23.7 Å². The molecule has 0 saturated carbocycles. The van der Waals surface area contributed by atoms with Crippen molar-refractivity contribution >= 4 is 17.5 Å². The number of nitrogens with one attached hydrogen (secondary N) is 2. The molecule has 6 heteroatoms. The predicted molar refractivity (Wildman–Crippen MR) is 99.7 cm³/mol. The molecule has 0 aliphatic carbocycles. The molecule has 1 aliphatic heterocycles. The monoisotopic (exact) mass is 368 g/mol. The first-order valence-electron chi connectivity index (χ1n) is 8.97. The van der Waals surface area contributed by atoms with Crippen LogP contribution in [0.5, 0.6) is 0 Å². The molecule has 3 N–H and O–H groups in total. The van der Waals surface area contributed by atoms with Crippen molar-refractivity contribution in [2.75, 3.05) is 26.7 Å². The van der Waals surface area contributed by atoms with Gasteiger partial charge in [0, 0.05) is 31.1 Å². The molecular weight excluding hydrogens is 340 g/mol. The number of halogens is 1. The lowest BCUT2D eigenvalue weighted by molar-refractivity contribution is -0.130. The number of ether oxygens (including phenoxy) is 1. The van der Waals surface area contributed by atoms with E-state index < -0.39 is 11.7 Å². The third-order valence-electron chi connectivity index (χ3n) is 5.05. The van der Waals surface area contributed by atoms with Crippen LogP contribution in [-0.2, 0) is 15.1 Å². The number of aliphatic hydroxyl groups is 1. The molecule has 0 spiro atoms. The Kier molecular flexibility index (Phi) is 7.69. The molecule has 1 heterocycles. The molecule has 1 saturated heterocycles. The largest absolute Gasteiger partial charge is 0.385 e. The minimum Gasteiger partial charge on any atom is -0.385 e. The molecule has 3 atom stereocenters. The SMILES string of the molecule is COC(C)C(=O)NCCCC(O)(c1cccc(Cl)c1)C1CCCNC1. The van der Waals surface area contributed by atoms with Crippen molar-refractivity contribution in [3.05, 3.63) is 34.9 Å². The molecule has 3 unspecified atom stereocenters. The van der Waals surface area contributed by atoms with E-state index in [9.17, 15) is 9.90 Å². The summed E-state index contributed by atoms with van der Waals surface area (Å²) >= 11 is 6.15. The molecule has 1 fully saturated rings. The van der Waals surface area contributed by atoms with E-state index in [1.54, 1.807) is 6.92 Å². The van der Waals surface area contributed by atoms with Crippen molar-refractivity contribution < 1.29 is 14.6 Å². The second kappa shape index (κ2) is 9.53. The summed E-state index contributed by atoms with van der Waals surface area (Å²) in [7, 11) is 1.51. The highest BCUT2D eigenvalue weighted by Crippen LogP contribution is 2.38. The summed E-state index contributed by atoms with van der Waals surface area (Å²) in [6.45, 7) is 4.00. The van der Waals surface area contributed by atoms with E-state index in [1.165, 1.54) is 7.11 Å². The Balaban J connectivity index is 2.03. The van der Waals surface area contributed by atoms with Gasteiger partial charge >= 0.3 is 0 Å². The predicted octanol–water partition coefficient (Wildman–Crippen LogP) is 2.46. The fraction of sp³-hybridized carbons (Fsp3) is 0.632. The van der Waals surface area contributed by atoms with E-state index in [-0.39, 0.29) is 11.8 Å². The van der Waals surface area contributed by atoms with Crippen molar-refractivity contribution in [2.24, 2.45) is 5.92 Å². The molecule has 5 nitrogen and oxygen atoms in total. The van der Waals surface area contributed by atoms with E-state index in [1.807, 2.05) is 24.3 Å². The van der Waals surface area contributed by atoms with Gasteiger partial charge in [0.25, 0.3) is 0 Å². The van der Waals surface area contributed by atoms with Gasteiger partial charge in [-0.3, -0.25) is 4.79 Å². The summed E-state index contributed by atoms with van der Waals surface area (Å²) in [4.78, 5) is 11.8. The van der Waals surface area contributed by atoms with Gasteiger partial charge in [-0.05, 0) is 56.8 Å². The highest BCUT2D eigenvalue weighted by atomic mass is 35.5. The lowest BCUT2D eigenvalue weighted by Gasteiger charge is -2.39. The minimum atomic E-state index is -0.948. The zero-order valence-electron chi connectivity index (χ0n) is 15.1. The summed E-state index contributed by atoms with van der Waals surface area (Å²) in [5, 5.41) is 18.4. The Hall–Kier alpha value is -1.14. The van der Waals surface area contributed by atoms with Crippen LogP contribution in [0.1, 0.15) is 38.2 Å². The summed E-state index contributed by atoms with van der Waals surface area (Å²) in [6, 6.07) is 7.48. The van der Waals surface area contributed by atoms with Gasteiger partial charge in [-0.2, -0.15) is 0 Å². The number of rotatable bonds is 8. The molecule has 0 bridgehead atoms. The van der Waals surface area contributed by atoms with E-state index >= 15 is 0 Å². The first kappa shape index (κ1) is 20.2. The summed E-state index contributed by atoms with van der Waals surface area (Å²) in [5.41, 5.74) is -0.0964. The van der Waals surface area contributed by atoms with Crippen LogP contribution in [0.25, 0.3) is 0 Å². The molecule has 2 rings (SSSR count). The Bertz CT molecular complexity index is 563. The number of methoxy groups -OCH3 is 1. The Labute approximate surface area is 155 Å². The van der Waals surface area contributed by atoms with Crippen LogP contribution in [0.15, 0.2) is 24.3 Å². The van der Waals surface area contributed by atoms with E-state index in [4.69, 9.17) is 16.3 Å². The lowest BCUT2D eigenvalue weighted by atomic mass is 9.74. The van der Waals surface area contributed by atoms with Crippen LogP contribution in [-0.4, -0.2) is 43.9 Å². The highest BCUT2D eigenvalue weighted by Gasteiger charge is 2.38. The number of piperidine rings is 1. The second-order valence-electron chi connectivity index (χ2n) is 6.75. The number of hydrogen-bond acceptors (Lipinski definition) is 4. The van der Waals surface area contributed by atoms with E-state index in [0.717, 1.165) is 31.5 Å². The summed E-state index contributed by atoms with van der Waals surface area (Å²) < 4.78 is 5.00. The maximum Gasteiger partial charge on any atom is 0.248 e. The molecule has 1 aliphatic rings. The number of hydrogen-bond donors (Lipinski definition) is 3. The van der Waals surface area contributed by atoms with Gasteiger partial charge in [-0.25, -0.2) is 0 Å². The van der Waals surface area contributed by atoms with E-state index in [0.29, 0.717) is 24.4 Å². The molecule has 140 valence electrons. The van der Waals surface area contributed by atoms with Gasteiger partial charge in [0.15, 0.2) is 0 Å². The zero-order valence-corrected chi connectivity index (χ0v) is 15.8. The molecule has 0 radical (unpaired) electrons. The standard InChI is InChI=1S/C19H29ClN2O3/c1-14(25-2)18(23)22-11-5-9-19(24,16-7-4-10-21-13-16)15-6-3-8-17(20)12-15/h3,6,8,12,14,16,21,24H,4-5,7,9-11,13H2,1-2H3,(H,22,23). The smallest absolute Gasteiger partial charge is 0.248 e. The van der Waals surface area contributed by atoms with Crippen LogP contribution in [0, 0.1) is 5.92 Å². The minimum absolute atomic E-state index is 0.131. The summed E-state index contributed by atoms with van der Waals surface area (Å²) in [6.07, 6.45) is 2.82. The van der Waals surface area contributed by atoms with Crippen LogP contribution in [0.4, 0.5) is 0 Å². The van der Waals surface area contributed by atoms with Crippen molar-refractivity contribution in [1.29, 1.82) is 0 Å². The van der Waals surface area contributed by atoms with Crippen molar-refractivity contribution in [1.82, 2.24) is 10.6 Å². The van der Waals surface area contributed by atoms with Crippen LogP contribution in [0.2, 0.25) is 5.02 Å². The van der Waals surface area contributed by atoms with Crippen LogP contribution < -0.4 is 10.6 Å².